The molecule has 0 atom stereocenters. The minimum atomic E-state index is 0.0634. The Hall–Kier alpha value is -1.02. The summed E-state index contributed by atoms with van der Waals surface area (Å²) < 4.78 is 5.16. The van der Waals surface area contributed by atoms with Gasteiger partial charge in [0.2, 0.25) is 0 Å². The highest BCUT2D eigenvalue weighted by Crippen LogP contribution is 2.10. The molecule has 0 radical (unpaired) electrons. The first-order valence-electron chi connectivity index (χ1n) is 4.63. The lowest BCUT2D eigenvalue weighted by Gasteiger charge is -2.02. The molecule has 0 aliphatic rings. The fourth-order valence-electron chi connectivity index (χ4n) is 0.798. The average molecular weight is 182 g/mol. The van der Waals surface area contributed by atoms with Gasteiger partial charge in [0, 0.05) is 0 Å². The Morgan fingerprint density at radius 2 is 1.69 bits per heavy atom. The number of hydrogen-bond acceptors (Lipinski definition) is 2. The zero-order chi connectivity index (χ0) is 10.1. The monoisotopic (exact) mass is 182 g/mol. The molecule has 0 amide bonds. The quantitative estimate of drug-likeness (QED) is 0.777. The molecule has 13 heavy (non-hydrogen) atoms. The Morgan fingerprint density at radius 3 is 2.15 bits per heavy atom. The summed E-state index contributed by atoms with van der Waals surface area (Å²) in [5.41, 5.74) is 1.21. The summed E-state index contributed by atoms with van der Waals surface area (Å²) in [6.07, 6.45) is 0. The predicted molar refractivity (Wildman–Crippen MR) is 55.1 cm³/mol. The first kappa shape index (κ1) is 12.0. The lowest BCUT2D eigenvalue weighted by molar-refractivity contribution is 0.201. The summed E-state index contributed by atoms with van der Waals surface area (Å²) in [7, 11) is 0. The van der Waals surface area contributed by atoms with Crippen LogP contribution < -0.4 is 4.74 Å². The van der Waals surface area contributed by atoms with E-state index in [-0.39, 0.29) is 6.61 Å². The zero-order valence-corrected chi connectivity index (χ0v) is 8.58. The second kappa shape index (κ2) is 7.62. The molecule has 1 rings (SSSR count). The van der Waals surface area contributed by atoms with E-state index >= 15 is 0 Å². The Kier molecular flexibility index (Phi) is 7.02. The number of aliphatic hydroxyl groups excluding tert-OH is 1. The first-order chi connectivity index (χ1) is 6.33. The Morgan fingerprint density at radius 1 is 1.15 bits per heavy atom. The van der Waals surface area contributed by atoms with E-state index in [0.717, 1.165) is 5.75 Å². The fraction of sp³-hybridized carbons (Fsp3) is 0.455. The lowest BCUT2D eigenvalue weighted by atomic mass is 10.2. The van der Waals surface area contributed by atoms with Gasteiger partial charge in [-0.3, -0.25) is 0 Å². The molecule has 74 valence electrons. The molecular formula is C11H18O2. The molecule has 2 heteroatoms. The van der Waals surface area contributed by atoms with Crippen molar-refractivity contribution in [2.75, 3.05) is 13.2 Å². The molecule has 0 bridgehead atoms. The van der Waals surface area contributed by atoms with Gasteiger partial charge in [-0.2, -0.15) is 0 Å². The van der Waals surface area contributed by atoms with E-state index in [1.807, 2.05) is 45.0 Å². The van der Waals surface area contributed by atoms with Gasteiger partial charge in [-0.25, -0.2) is 0 Å². The van der Waals surface area contributed by atoms with Crippen LogP contribution in [-0.2, 0) is 0 Å². The SMILES string of the molecule is CC.Cc1ccc(OCCO)cc1. The third-order valence-electron chi connectivity index (χ3n) is 1.38. The maximum absolute atomic E-state index is 8.46. The number of aryl methyl sites for hydroxylation is 1. The summed E-state index contributed by atoms with van der Waals surface area (Å²) in [6, 6.07) is 7.75. The van der Waals surface area contributed by atoms with Gasteiger partial charge in [-0.05, 0) is 19.1 Å². The van der Waals surface area contributed by atoms with Crippen LogP contribution in [-0.4, -0.2) is 18.3 Å². The highest BCUT2D eigenvalue weighted by Gasteiger charge is 1.90. The van der Waals surface area contributed by atoms with Crippen LogP contribution in [0.1, 0.15) is 19.4 Å². The molecule has 1 aromatic rings. The number of rotatable bonds is 3. The summed E-state index contributed by atoms with van der Waals surface area (Å²) in [5.74, 6) is 0.810. The summed E-state index contributed by atoms with van der Waals surface area (Å²) in [6.45, 7) is 6.45. The highest BCUT2D eigenvalue weighted by atomic mass is 16.5. The van der Waals surface area contributed by atoms with Crippen LogP contribution in [0.15, 0.2) is 24.3 Å². The molecule has 1 aromatic carbocycles. The van der Waals surface area contributed by atoms with E-state index in [0.29, 0.717) is 6.61 Å². The normalized spacial score (nSPS) is 8.62. The number of aliphatic hydroxyl groups is 1. The van der Waals surface area contributed by atoms with Crippen LogP contribution in [0.5, 0.6) is 5.75 Å². The first-order valence-corrected chi connectivity index (χ1v) is 4.63. The van der Waals surface area contributed by atoms with Crippen LogP contribution in [0.3, 0.4) is 0 Å². The number of hydrogen-bond donors (Lipinski definition) is 1. The Balaban J connectivity index is 0.000000671. The molecule has 0 aromatic heterocycles. The van der Waals surface area contributed by atoms with E-state index < -0.39 is 0 Å². The van der Waals surface area contributed by atoms with E-state index in [4.69, 9.17) is 9.84 Å². The van der Waals surface area contributed by atoms with Crippen molar-refractivity contribution < 1.29 is 9.84 Å². The fourth-order valence-corrected chi connectivity index (χ4v) is 0.798. The van der Waals surface area contributed by atoms with Gasteiger partial charge >= 0.3 is 0 Å². The Bertz CT molecular complexity index is 204. The molecule has 0 unspecified atom stereocenters. The second-order valence-corrected chi connectivity index (χ2v) is 2.39. The standard InChI is InChI=1S/C9H12O2.C2H6/c1-8-2-4-9(5-3-8)11-7-6-10;1-2/h2-5,10H,6-7H2,1H3;1-2H3. The lowest BCUT2D eigenvalue weighted by Crippen LogP contribution is -2.01. The van der Waals surface area contributed by atoms with Gasteiger partial charge in [0.15, 0.2) is 0 Å². The molecular weight excluding hydrogens is 164 g/mol. The largest absolute Gasteiger partial charge is 0.491 e. The molecule has 0 aliphatic heterocycles. The third-order valence-corrected chi connectivity index (χ3v) is 1.38. The maximum Gasteiger partial charge on any atom is 0.119 e. The van der Waals surface area contributed by atoms with Crippen molar-refractivity contribution >= 4 is 0 Å². The van der Waals surface area contributed by atoms with Crippen molar-refractivity contribution in [1.29, 1.82) is 0 Å². The van der Waals surface area contributed by atoms with Crippen molar-refractivity contribution in [2.24, 2.45) is 0 Å². The van der Waals surface area contributed by atoms with Crippen LogP contribution in [0.2, 0.25) is 0 Å². The van der Waals surface area contributed by atoms with E-state index in [2.05, 4.69) is 0 Å². The minimum Gasteiger partial charge on any atom is -0.491 e. The van der Waals surface area contributed by atoms with Crippen molar-refractivity contribution in [3.8, 4) is 5.75 Å². The predicted octanol–water partition coefficient (Wildman–Crippen LogP) is 2.39. The van der Waals surface area contributed by atoms with Gasteiger partial charge in [0.05, 0.1) is 6.61 Å². The van der Waals surface area contributed by atoms with Crippen LogP contribution in [0.25, 0.3) is 0 Å². The van der Waals surface area contributed by atoms with Crippen molar-refractivity contribution in [3.05, 3.63) is 29.8 Å². The van der Waals surface area contributed by atoms with Gasteiger partial charge in [0.1, 0.15) is 12.4 Å². The summed E-state index contributed by atoms with van der Waals surface area (Å²) in [4.78, 5) is 0. The third kappa shape index (κ3) is 5.26. The minimum absolute atomic E-state index is 0.0634. The molecule has 2 nitrogen and oxygen atoms in total. The van der Waals surface area contributed by atoms with E-state index in [1.54, 1.807) is 0 Å². The topological polar surface area (TPSA) is 29.5 Å². The van der Waals surface area contributed by atoms with E-state index in [9.17, 15) is 0 Å². The van der Waals surface area contributed by atoms with Crippen molar-refractivity contribution in [2.45, 2.75) is 20.8 Å². The van der Waals surface area contributed by atoms with E-state index in [1.165, 1.54) is 5.56 Å². The van der Waals surface area contributed by atoms with Gasteiger partial charge in [-0.1, -0.05) is 31.5 Å². The number of ether oxygens (including phenoxy) is 1. The second-order valence-electron chi connectivity index (χ2n) is 2.39. The molecule has 0 saturated heterocycles. The van der Waals surface area contributed by atoms with Gasteiger partial charge in [0.25, 0.3) is 0 Å². The summed E-state index contributed by atoms with van der Waals surface area (Å²) in [5, 5.41) is 8.46. The average Bonchev–Trinajstić information content (AvgIpc) is 2.20. The molecule has 1 N–H and O–H groups in total. The molecule has 0 saturated carbocycles. The van der Waals surface area contributed by atoms with Crippen molar-refractivity contribution in [3.63, 3.8) is 0 Å². The molecule has 0 aliphatic carbocycles. The number of benzene rings is 1. The Labute approximate surface area is 80.2 Å². The maximum atomic E-state index is 8.46. The highest BCUT2D eigenvalue weighted by molar-refractivity contribution is 5.26. The molecule has 0 spiro atoms. The summed E-state index contributed by atoms with van der Waals surface area (Å²) >= 11 is 0. The van der Waals surface area contributed by atoms with Crippen LogP contribution in [0, 0.1) is 6.92 Å². The molecule has 0 heterocycles. The van der Waals surface area contributed by atoms with Crippen molar-refractivity contribution in [1.82, 2.24) is 0 Å². The smallest absolute Gasteiger partial charge is 0.119 e. The van der Waals surface area contributed by atoms with Gasteiger partial charge in [-0.15, -0.1) is 0 Å². The van der Waals surface area contributed by atoms with Gasteiger partial charge < -0.3 is 9.84 Å². The zero-order valence-electron chi connectivity index (χ0n) is 8.58. The molecule has 0 fully saturated rings. The van der Waals surface area contributed by atoms with Crippen LogP contribution >= 0.6 is 0 Å². The van der Waals surface area contributed by atoms with Crippen LogP contribution in [0.4, 0.5) is 0 Å².